The average molecular weight is 348 g/mol. The number of aliphatic carboxylic acids is 1. The Hall–Kier alpha value is -2.27. The lowest BCUT2D eigenvalue weighted by atomic mass is 9.93. The van der Waals surface area contributed by atoms with Crippen molar-refractivity contribution in [3.63, 3.8) is 0 Å². The van der Waals surface area contributed by atoms with E-state index in [-0.39, 0.29) is 24.3 Å². The van der Waals surface area contributed by atoms with Crippen LogP contribution in [0.25, 0.3) is 11.3 Å². The molecule has 2 heterocycles. The standard InChI is InChI=1S/C18H18ClNO4/c1-11-6-7-12(18(22)23)10-20(11)17(21)16-9-8-15(24-16)13-4-2-3-5-14(13)19/h2-5,8-9,11-12H,6-7,10H2,1H3,(H,22,23). The molecule has 0 radical (unpaired) electrons. The van der Waals surface area contributed by atoms with Crippen molar-refractivity contribution in [2.24, 2.45) is 5.92 Å². The SMILES string of the molecule is CC1CCC(C(=O)O)CN1C(=O)c1ccc(-c2ccccc2Cl)o1. The van der Waals surface area contributed by atoms with Crippen LogP contribution in [0.15, 0.2) is 40.8 Å². The molecule has 0 saturated carbocycles. The number of carbonyl (C=O) groups excluding carboxylic acids is 1. The number of rotatable bonds is 3. The molecule has 2 aromatic rings. The Kier molecular flexibility index (Phi) is 4.62. The number of benzene rings is 1. The van der Waals surface area contributed by atoms with E-state index in [1.807, 2.05) is 25.1 Å². The number of halogens is 1. The van der Waals surface area contributed by atoms with E-state index >= 15 is 0 Å². The molecule has 1 fully saturated rings. The van der Waals surface area contributed by atoms with Crippen LogP contribution in [0.5, 0.6) is 0 Å². The number of hydrogen-bond acceptors (Lipinski definition) is 3. The summed E-state index contributed by atoms with van der Waals surface area (Å²) >= 11 is 6.15. The number of piperidine rings is 1. The molecule has 6 heteroatoms. The summed E-state index contributed by atoms with van der Waals surface area (Å²) < 4.78 is 5.69. The van der Waals surface area contributed by atoms with Crippen LogP contribution in [0.4, 0.5) is 0 Å². The number of amides is 1. The van der Waals surface area contributed by atoms with Crippen molar-refractivity contribution in [2.75, 3.05) is 6.54 Å². The van der Waals surface area contributed by atoms with Gasteiger partial charge in [0, 0.05) is 18.2 Å². The molecular formula is C18H18ClNO4. The Morgan fingerprint density at radius 3 is 2.67 bits per heavy atom. The van der Waals surface area contributed by atoms with Crippen molar-refractivity contribution in [1.82, 2.24) is 4.90 Å². The van der Waals surface area contributed by atoms with E-state index in [4.69, 9.17) is 16.0 Å². The van der Waals surface area contributed by atoms with Gasteiger partial charge in [0.1, 0.15) is 5.76 Å². The molecule has 0 spiro atoms. The van der Waals surface area contributed by atoms with Crippen LogP contribution in [0.2, 0.25) is 5.02 Å². The molecule has 126 valence electrons. The minimum Gasteiger partial charge on any atom is -0.481 e. The zero-order chi connectivity index (χ0) is 17.3. The third-order valence-electron chi connectivity index (χ3n) is 4.45. The highest BCUT2D eigenvalue weighted by molar-refractivity contribution is 6.33. The number of carbonyl (C=O) groups is 2. The van der Waals surface area contributed by atoms with Crippen molar-refractivity contribution in [3.8, 4) is 11.3 Å². The highest BCUT2D eigenvalue weighted by atomic mass is 35.5. The van der Waals surface area contributed by atoms with Crippen molar-refractivity contribution < 1.29 is 19.1 Å². The third kappa shape index (κ3) is 3.17. The quantitative estimate of drug-likeness (QED) is 0.913. The lowest BCUT2D eigenvalue weighted by Crippen LogP contribution is -2.47. The van der Waals surface area contributed by atoms with Gasteiger partial charge < -0.3 is 14.4 Å². The lowest BCUT2D eigenvalue weighted by Gasteiger charge is -2.35. The number of furan rings is 1. The van der Waals surface area contributed by atoms with E-state index in [1.54, 1.807) is 23.1 Å². The van der Waals surface area contributed by atoms with E-state index in [2.05, 4.69) is 0 Å². The first-order valence-electron chi connectivity index (χ1n) is 7.86. The van der Waals surface area contributed by atoms with Gasteiger partial charge in [-0.2, -0.15) is 0 Å². The van der Waals surface area contributed by atoms with Gasteiger partial charge in [-0.1, -0.05) is 23.7 Å². The molecule has 1 aliphatic heterocycles. The second-order valence-electron chi connectivity index (χ2n) is 6.06. The molecule has 1 N–H and O–H groups in total. The van der Waals surface area contributed by atoms with E-state index in [0.717, 1.165) is 0 Å². The van der Waals surface area contributed by atoms with E-state index < -0.39 is 11.9 Å². The number of nitrogens with zero attached hydrogens (tertiary/aromatic N) is 1. The third-order valence-corrected chi connectivity index (χ3v) is 4.78. The summed E-state index contributed by atoms with van der Waals surface area (Å²) in [7, 11) is 0. The molecule has 1 aromatic carbocycles. The molecule has 2 atom stereocenters. The Morgan fingerprint density at radius 2 is 1.96 bits per heavy atom. The molecule has 1 aromatic heterocycles. The molecule has 5 nitrogen and oxygen atoms in total. The van der Waals surface area contributed by atoms with Gasteiger partial charge in [0.05, 0.1) is 10.9 Å². The van der Waals surface area contributed by atoms with Gasteiger partial charge in [-0.05, 0) is 44.0 Å². The maximum absolute atomic E-state index is 12.7. The van der Waals surface area contributed by atoms with Crippen LogP contribution in [-0.2, 0) is 4.79 Å². The Bertz CT molecular complexity index is 770. The normalized spacial score (nSPS) is 20.8. The van der Waals surface area contributed by atoms with Crippen LogP contribution in [-0.4, -0.2) is 34.5 Å². The summed E-state index contributed by atoms with van der Waals surface area (Å²) in [5, 5.41) is 9.75. The fourth-order valence-electron chi connectivity index (χ4n) is 2.99. The summed E-state index contributed by atoms with van der Waals surface area (Å²) in [6.07, 6.45) is 1.25. The van der Waals surface area contributed by atoms with Gasteiger partial charge in [0.25, 0.3) is 5.91 Å². The average Bonchev–Trinajstić information content (AvgIpc) is 3.04. The first kappa shape index (κ1) is 16.6. The number of carboxylic acid groups (broad SMARTS) is 1. The number of carboxylic acids is 1. The maximum Gasteiger partial charge on any atom is 0.308 e. The van der Waals surface area contributed by atoms with Gasteiger partial charge in [0.15, 0.2) is 5.76 Å². The molecule has 0 aliphatic carbocycles. The highest BCUT2D eigenvalue weighted by Crippen LogP contribution is 2.30. The first-order valence-corrected chi connectivity index (χ1v) is 8.23. The zero-order valence-corrected chi connectivity index (χ0v) is 14.0. The van der Waals surface area contributed by atoms with E-state index in [1.165, 1.54) is 0 Å². The van der Waals surface area contributed by atoms with Gasteiger partial charge in [-0.3, -0.25) is 9.59 Å². The van der Waals surface area contributed by atoms with Crippen molar-refractivity contribution in [3.05, 3.63) is 47.2 Å². The molecule has 24 heavy (non-hydrogen) atoms. The molecule has 1 amide bonds. The smallest absolute Gasteiger partial charge is 0.308 e. The first-order chi connectivity index (χ1) is 11.5. The molecule has 0 bridgehead atoms. The minimum atomic E-state index is -0.865. The summed E-state index contributed by atoms with van der Waals surface area (Å²) in [5.41, 5.74) is 0.716. The van der Waals surface area contributed by atoms with E-state index in [9.17, 15) is 14.7 Å². The van der Waals surface area contributed by atoms with Gasteiger partial charge in [-0.25, -0.2) is 0 Å². The highest BCUT2D eigenvalue weighted by Gasteiger charge is 2.34. The van der Waals surface area contributed by atoms with Gasteiger partial charge in [-0.15, -0.1) is 0 Å². The monoisotopic (exact) mass is 347 g/mol. The fourth-order valence-corrected chi connectivity index (χ4v) is 3.22. The van der Waals surface area contributed by atoms with Crippen LogP contribution in [0, 0.1) is 5.92 Å². The Balaban J connectivity index is 1.83. The summed E-state index contributed by atoms with van der Waals surface area (Å²) in [4.78, 5) is 25.5. The van der Waals surface area contributed by atoms with Gasteiger partial charge >= 0.3 is 5.97 Å². The second kappa shape index (κ2) is 6.69. The summed E-state index contributed by atoms with van der Waals surface area (Å²) in [6, 6.07) is 10.5. The number of hydrogen-bond donors (Lipinski definition) is 1. The molecule has 1 saturated heterocycles. The molecule has 2 unspecified atom stereocenters. The Labute approximate surface area is 144 Å². The topological polar surface area (TPSA) is 70.8 Å². The van der Waals surface area contributed by atoms with Crippen molar-refractivity contribution >= 4 is 23.5 Å². The Morgan fingerprint density at radius 1 is 1.21 bits per heavy atom. The fraction of sp³-hybridized carbons (Fsp3) is 0.333. The minimum absolute atomic E-state index is 0.0121. The largest absolute Gasteiger partial charge is 0.481 e. The maximum atomic E-state index is 12.7. The van der Waals surface area contributed by atoms with Crippen LogP contribution < -0.4 is 0 Å². The van der Waals surface area contributed by atoms with Crippen molar-refractivity contribution in [1.29, 1.82) is 0 Å². The number of likely N-dealkylation sites (tertiary alicyclic amines) is 1. The van der Waals surface area contributed by atoms with Crippen LogP contribution in [0.3, 0.4) is 0 Å². The zero-order valence-electron chi connectivity index (χ0n) is 13.2. The predicted molar refractivity (Wildman–Crippen MR) is 90.0 cm³/mol. The van der Waals surface area contributed by atoms with Crippen LogP contribution in [0.1, 0.15) is 30.3 Å². The predicted octanol–water partition coefficient (Wildman–Crippen LogP) is 3.93. The van der Waals surface area contributed by atoms with Crippen LogP contribution >= 0.6 is 11.6 Å². The molecule has 3 rings (SSSR count). The lowest BCUT2D eigenvalue weighted by molar-refractivity contribution is -0.143. The molecular weight excluding hydrogens is 330 g/mol. The summed E-state index contributed by atoms with van der Waals surface area (Å²) in [5.74, 6) is -0.961. The van der Waals surface area contributed by atoms with E-state index in [0.29, 0.717) is 29.2 Å². The summed E-state index contributed by atoms with van der Waals surface area (Å²) in [6.45, 7) is 2.13. The second-order valence-corrected chi connectivity index (χ2v) is 6.47. The molecule has 1 aliphatic rings. The van der Waals surface area contributed by atoms with Gasteiger partial charge in [0.2, 0.25) is 0 Å². The van der Waals surface area contributed by atoms with Crippen molar-refractivity contribution in [2.45, 2.75) is 25.8 Å².